The third kappa shape index (κ3) is 7.45. The summed E-state index contributed by atoms with van der Waals surface area (Å²) in [5.74, 6) is -0.0691. The second-order valence-corrected chi connectivity index (χ2v) is 10.4. The Balaban J connectivity index is 1.75. The lowest BCUT2D eigenvalue weighted by Crippen LogP contribution is -2.53. The molecule has 0 spiro atoms. The SMILES string of the molecule is CC(C)(C)C1C(NC(=O)C(=CCCCCC(=O)NO)COc2cccc3ccccc23)CCN1C(=O)O. The molecule has 1 aliphatic heterocycles. The van der Waals surface area contributed by atoms with E-state index >= 15 is 0 Å². The fraction of sp³-hybridized carbons (Fsp3) is 0.464. The highest BCUT2D eigenvalue weighted by Crippen LogP contribution is 2.33. The zero-order valence-corrected chi connectivity index (χ0v) is 21.7. The maximum atomic E-state index is 13.4. The van der Waals surface area contributed by atoms with Crippen LogP contribution in [-0.4, -0.2) is 58.4 Å². The predicted octanol–water partition coefficient (Wildman–Crippen LogP) is 4.49. The zero-order valence-electron chi connectivity index (χ0n) is 21.7. The van der Waals surface area contributed by atoms with E-state index < -0.39 is 12.0 Å². The lowest BCUT2D eigenvalue weighted by Gasteiger charge is -2.37. The summed E-state index contributed by atoms with van der Waals surface area (Å²) < 4.78 is 6.10. The summed E-state index contributed by atoms with van der Waals surface area (Å²) in [4.78, 5) is 37.9. The molecule has 2 aromatic carbocycles. The van der Waals surface area contributed by atoms with Crippen LogP contribution in [0.4, 0.5) is 4.79 Å². The van der Waals surface area contributed by atoms with Gasteiger partial charge in [-0.3, -0.25) is 14.8 Å². The fourth-order valence-electron chi connectivity index (χ4n) is 4.95. The summed E-state index contributed by atoms with van der Waals surface area (Å²) in [7, 11) is 0. The fourth-order valence-corrected chi connectivity index (χ4v) is 4.95. The van der Waals surface area contributed by atoms with Gasteiger partial charge >= 0.3 is 6.09 Å². The third-order valence-corrected chi connectivity index (χ3v) is 6.65. The number of allylic oxidation sites excluding steroid dienone is 1. The standard InChI is InChI=1S/C28H37N3O6/c1-28(2,3)25-22(16-17-31(25)27(34)35)29-26(33)20(11-5-4-6-15-24(32)30-36)18-37-23-14-9-12-19-10-7-8-13-21(19)23/h7-14,22,25,36H,4-6,15-18H2,1-3H3,(H,29,33)(H,30,32)(H,34,35). The first-order valence-electron chi connectivity index (χ1n) is 12.6. The molecule has 9 nitrogen and oxygen atoms in total. The van der Waals surface area contributed by atoms with Crippen LogP contribution in [0.25, 0.3) is 10.8 Å². The molecule has 2 aromatic rings. The van der Waals surface area contributed by atoms with Crippen LogP contribution in [0, 0.1) is 5.41 Å². The number of hydrogen-bond acceptors (Lipinski definition) is 5. The van der Waals surface area contributed by atoms with E-state index in [2.05, 4.69) is 5.32 Å². The number of fused-ring (bicyclic) bond motifs is 1. The minimum absolute atomic E-state index is 0.0481. The maximum Gasteiger partial charge on any atom is 0.407 e. The molecule has 2 atom stereocenters. The van der Waals surface area contributed by atoms with Crippen molar-refractivity contribution < 1.29 is 29.4 Å². The van der Waals surface area contributed by atoms with E-state index in [-0.39, 0.29) is 36.4 Å². The van der Waals surface area contributed by atoms with Gasteiger partial charge < -0.3 is 20.1 Å². The van der Waals surface area contributed by atoms with Gasteiger partial charge in [-0.1, -0.05) is 63.2 Å². The molecule has 0 aromatic heterocycles. The van der Waals surface area contributed by atoms with Crippen molar-refractivity contribution in [1.29, 1.82) is 0 Å². The Morgan fingerprint density at radius 2 is 1.84 bits per heavy atom. The van der Waals surface area contributed by atoms with E-state index in [4.69, 9.17) is 9.94 Å². The minimum atomic E-state index is -0.987. The highest BCUT2D eigenvalue weighted by Gasteiger charge is 2.44. The van der Waals surface area contributed by atoms with Crippen LogP contribution in [0.1, 0.15) is 52.9 Å². The van der Waals surface area contributed by atoms with Crippen molar-refractivity contribution in [3.8, 4) is 5.75 Å². The van der Waals surface area contributed by atoms with Gasteiger partial charge in [-0.05, 0) is 42.6 Å². The number of hydroxylamine groups is 1. The van der Waals surface area contributed by atoms with Crippen LogP contribution < -0.4 is 15.5 Å². The number of carbonyl (C=O) groups excluding carboxylic acids is 2. The molecule has 1 fully saturated rings. The van der Waals surface area contributed by atoms with Gasteiger partial charge in [0.2, 0.25) is 5.91 Å². The Hall–Kier alpha value is -3.59. The van der Waals surface area contributed by atoms with Crippen molar-refractivity contribution in [3.05, 3.63) is 54.1 Å². The first-order valence-corrected chi connectivity index (χ1v) is 12.6. The van der Waals surface area contributed by atoms with Crippen LogP contribution in [0.2, 0.25) is 0 Å². The van der Waals surface area contributed by atoms with Crippen LogP contribution in [-0.2, 0) is 9.59 Å². The quantitative estimate of drug-likeness (QED) is 0.161. The van der Waals surface area contributed by atoms with Crippen molar-refractivity contribution in [2.24, 2.45) is 5.41 Å². The molecule has 4 N–H and O–H groups in total. The molecule has 3 amide bonds. The molecule has 0 bridgehead atoms. The van der Waals surface area contributed by atoms with E-state index in [9.17, 15) is 19.5 Å². The van der Waals surface area contributed by atoms with E-state index in [0.29, 0.717) is 43.6 Å². The van der Waals surface area contributed by atoms with Crippen molar-refractivity contribution in [2.45, 2.75) is 65.0 Å². The number of nitrogens with zero attached hydrogens (tertiary/aromatic N) is 1. The second kappa shape index (κ2) is 12.6. The molecule has 0 radical (unpaired) electrons. The van der Waals surface area contributed by atoms with Gasteiger partial charge in [0.1, 0.15) is 12.4 Å². The van der Waals surface area contributed by atoms with E-state index in [1.54, 1.807) is 5.48 Å². The number of ether oxygens (including phenoxy) is 1. The number of rotatable bonds is 10. The van der Waals surface area contributed by atoms with Crippen molar-refractivity contribution in [1.82, 2.24) is 15.7 Å². The molecule has 37 heavy (non-hydrogen) atoms. The number of nitrogens with one attached hydrogen (secondary N) is 2. The molecule has 9 heteroatoms. The summed E-state index contributed by atoms with van der Waals surface area (Å²) in [5, 5.41) is 23.4. The van der Waals surface area contributed by atoms with Gasteiger partial charge in [-0.2, -0.15) is 0 Å². The highest BCUT2D eigenvalue weighted by atomic mass is 16.5. The van der Waals surface area contributed by atoms with Crippen LogP contribution >= 0.6 is 0 Å². The predicted molar refractivity (Wildman–Crippen MR) is 140 cm³/mol. The van der Waals surface area contributed by atoms with Crippen molar-refractivity contribution >= 4 is 28.7 Å². The van der Waals surface area contributed by atoms with Gasteiger partial charge in [0.05, 0.1) is 17.7 Å². The summed E-state index contributed by atoms with van der Waals surface area (Å²) >= 11 is 0. The molecular weight excluding hydrogens is 474 g/mol. The highest BCUT2D eigenvalue weighted by molar-refractivity contribution is 5.94. The monoisotopic (exact) mass is 511 g/mol. The summed E-state index contributed by atoms with van der Waals surface area (Å²) in [5.41, 5.74) is 1.71. The molecule has 2 unspecified atom stereocenters. The third-order valence-electron chi connectivity index (χ3n) is 6.65. The minimum Gasteiger partial charge on any atom is -0.488 e. The topological polar surface area (TPSA) is 128 Å². The molecule has 1 aliphatic rings. The number of benzene rings is 2. The zero-order chi connectivity index (χ0) is 27.0. The molecular formula is C28H37N3O6. The van der Waals surface area contributed by atoms with Crippen LogP contribution in [0.5, 0.6) is 5.75 Å². The van der Waals surface area contributed by atoms with E-state index in [1.807, 2.05) is 69.3 Å². The Morgan fingerprint density at radius 1 is 1.11 bits per heavy atom. The summed E-state index contributed by atoms with van der Waals surface area (Å²) in [6.07, 6.45) is 3.32. The number of carboxylic acid groups (broad SMARTS) is 1. The maximum absolute atomic E-state index is 13.4. The van der Waals surface area contributed by atoms with Crippen LogP contribution in [0.3, 0.4) is 0 Å². The molecule has 1 saturated heterocycles. The molecule has 0 aliphatic carbocycles. The normalized spacial score (nSPS) is 18.1. The van der Waals surface area contributed by atoms with Crippen LogP contribution in [0.15, 0.2) is 54.1 Å². The second-order valence-electron chi connectivity index (χ2n) is 10.4. The summed E-state index contributed by atoms with van der Waals surface area (Å²) in [6.45, 7) is 6.33. The molecule has 200 valence electrons. The van der Waals surface area contributed by atoms with Crippen molar-refractivity contribution in [2.75, 3.05) is 13.2 Å². The Kier molecular flexibility index (Phi) is 9.52. The Labute approximate surface area is 217 Å². The van der Waals surface area contributed by atoms with E-state index in [0.717, 1.165) is 10.8 Å². The number of carbonyl (C=O) groups is 3. The number of hydrogen-bond donors (Lipinski definition) is 4. The molecule has 0 saturated carbocycles. The first kappa shape index (κ1) is 28.0. The Morgan fingerprint density at radius 3 is 2.54 bits per heavy atom. The molecule has 3 rings (SSSR count). The van der Waals surface area contributed by atoms with Crippen molar-refractivity contribution in [3.63, 3.8) is 0 Å². The summed E-state index contributed by atoms with van der Waals surface area (Å²) in [6, 6.07) is 12.9. The number of likely N-dealkylation sites (tertiary alicyclic amines) is 1. The van der Waals surface area contributed by atoms with Gasteiger partial charge in [-0.25, -0.2) is 10.3 Å². The van der Waals surface area contributed by atoms with E-state index in [1.165, 1.54) is 4.90 Å². The smallest absolute Gasteiger partial charge is 0.407 e. The average molecular weight is 512 g/mol. The lowest BCUT2D eigenvalue weighted by atomic mass is 9.82. The lowest BCUT2D eigenvalue weighted by molar-refractivity contribution is -0.129. The van der Waals surface area contributed by atoms with Gasteiger partial charge in [-0.15, -0.1) is 0 Å². The number of amides is 3. The average Bonchev–Trinajstić information content (AvgIpc) is 3.30. The first-order chi connectivity index (χ1) is 17.6. The molecule has 1 heterocycles. The van der Waals surface area contributed by atoms with Gasteiger partial charge in [0.15, 0.2) is 0 Å². The largest absolute Gasteiger partial charge is 0.488 e. The van der Waals surface area contributed by atoms with Gasteiger partial charge in [0, 0.05) is 18.4 Å². The Bertz CT molecular complexity index is 1130. The van der Waals surface area contributed by atoms with Gasteiger partial charge in [0.25, 0.3) is 5.91 Å². The number of unbranched alkanes of at least 4 members (excludes halogenated alkanes) is 2.